The van der Waals surface area contributed by atoms with Crippen LogP contribution < -0.4 is 10.2 Å². The molecule has 1 saturated heterocycles. The highest BCUT2D eigenvalue weighted by Crippen LogP contribution is 2.28. The number of aromatic amines is 1. The summed E-state index contributed by atoms with van der Waals surface area (Å²) in [5.41, 5.74) is 3.73. The quantitative estimate of drug-likeness (QED) is 0.314. The molecule has 39 heavy (non-hydrogen) atoms. The molecule has 1 fully saturated rings. The van der Waals surface area contributed by atoms with Crippen molar-refractivity contribution in [2.24, 2.45) is 0 Å². The molecule has 198 valence electrons. The SMILES string of the molecule is CC(=O)Nc1ccc(N2C(=O)CC(N(CCc3c[nH]c4ccccc34)C(=O)Cc3ccc(Cl)cc3)C2=O)cc1. The van der Waals surface area contributed by atoms with E-state index in [1.807, 2.05) is 30.5 Å². The lowest BCUT2D eigenvalue weighted by molar-refractivity contribution is -0.137. The Kier molecular flexibility index (Phi) is 7.47. The number of nitrogens with zero attached hydrogens (tertiary/aromatic N) is 2. The van der Waals surface area contributed by atoms with Crippen LogP contribution in [0.4, 0.5) is 11.4 Å². The molecule has 4 amide bonds. The Bertz CT molecular complexity index is 1550. The topological polar surface area (TPSA) is 103 Å². The van der Waals surface area contributed by atoms with Gasteiger partial charge in [-0.15, -0.1) is 0 Å². The highest BCUT2D eigenvalue weighted by atomic mass is 35.5. The number of hydrogen-bond acceptors (Lipinski definition) is 4. The molecule has 8 nitrogen and oxygen atoms in total. The van der Waals surface area contributed by atoms with E-state index in [1.165, 1.54) is 11.8 Å². The molecule has 1 aliphatic rings. The summed E-state index contributed by atoms with van der Waals surface area (Å²) < 4.78 is 0. The van der Waals surface area contributed by atoms with E-state index in [4.69, 9.17) is 11.6 Å². The van der Waals surface area contributed by atoms with E-state index in [-0.39, 0.29) is 37.1 Å². The predicted octanol–water partition coefficient (Wildman–Crippen LogP) is 4.73. The monoisotopic (exact) mass is 542 g/mol. The van der Waals surface area contributed by atoms with Crippen molar-refractivity contribution in [3.05, 3.63) is 95.1 Å². The Hall–Kier alpha value is -4.43. The summed E-state index contributed by atoms with van der Waals surface area (Å²) in [5.74, 6) is -1.29. The van der Waals surface area contributed by atoms with E-state index >= 15 is 0 Å². The summed E-state index contributed by atoms with van der Waals surface area (Å²) in [6.45, 7) is 1.67. The average molecular weight is 543 g/mol. The molecule has 0 spiro atoms. The molecule has 1 unspecified atom stereocenters. The van der Waals surface area contributed by atoms with E-state index in [2.05, 4.69) is 10.3 Å². The first-order valence-electron chi connectivity index (χ1n) is 12.6. The smallest absolute Gasteiger partial charge is 0.257 e. The van der Waals surface area contributed by atoms with Gasteiger partial charge in [0.2, 0.25) is 17.7 Å². The van der Waals surface area contributed by atoms with Crippen LogP contribution in [-0.4, -0.2) is 46.1 Å². The van der Waals surface area contributed by atoms with Crippen molar-refractivity contribution in [3.8, 4) is 0 Å². The molecule has 0 bridgehead atoms. The molecule has 5 rings (SSSR count). The molecule has 9 heteroatoms. The third-order valence-electron chi connectivity index (χ3n) is 6.83. The zero-order chi connectivity index (χ0) is 27.5. The van der Waals surface area contributed by atoms with Crippen LogP contribution in [0.3, 0.4) is 0 Å². The van der Waals surface area contributed by atoms with Gasteiger partial charge in [0.05, 0.1) is 18.5 Å². The summed E-state index contributed by atoms with van der Waals surface area (Å²) in [4.78, 5) is 57.5. The fraction of sp³-hybridized carbons (Fsp3) is 0.200. The Morgan fingerprint density at radius 2 is 1.74 bits per heavy atom. The Balaban J connectivity index is 1.40. The highest BCUT2D eigenvalue weighted by Gasteiger charge is 2.44. The fourth-order valence-electron chi connectivity index (χ4n) is 4.94. The lowest BCUT2D eigenvalue weighted by Gasteiger charge is -2.28. The van der Waals surface area contributed by atoms with Gasteiger partial charge in [-0.05, 0) is 60.0 Å². The third kappa shape index (κ3) is 5.71. The molecule has 2 heterocycles. The van der Waals surface area contributed by atoms with Gasteiger partial charge in [0.25, 0.3) is 5.91 Å². The third-order valence-corrected chi connectivity index (χ3v) is 7.08. The maximum absolute atomic E-state index is 13.6. The Morgan fingerprint density at radius 1 is 1.03 bits per heavy atom. The molecule has 1 atom stereocenters. The van der Waals surface area contributed by atoms with Crippen LogP contribution in [-0.2, 0) is 32.0 Å². The van der Waals surface area contributed by atoms with Gasteiger partial charge in [-0.1, -0.05) is 41.9 Å². The molecule has 2 N–H and O–H groups in total. The molecule has 0 aliphatic carbocycles. The lowest BCUT2D eigenvalue weighted by atomic mass is 10.1. The highest BCUT2D eigenvalue weighted by molar-refractivity contribution is 6.30. The van der Waals surface area contributed by atoms with Crippen LogP contribution in [0, 0.1) is 0 Å². The molecular formula is C30H27ClN4O4. The van der Waals surface area contributed by atoms with Crippen LogP contribution >= 0.6 is 11.6 Å². The first-order valence-corrected chi connectivity index (χ1v) is 13.0. The van der Waals surface area contributed by atoms with Crippen molar-refractivity contribution in [2.45, 2.75) is 32.2 Å². The molecule has 4 aromatic rings. The number of amides is 4. The molecule has 3 aromatic carbocycles. The van der Waals surface area contributed by atoms with Crippen LogP contribution in [0.5, 0.6) is 0 Å². The fourth-order valence-corrected chi connectivity index (χ4v) is 5.07. The number of H-pyrrole nitrogens is 1. The number of rotatable bonds is 8. The Labute approximate surface area is 230 Å². The first kappa shape index (κ1) is 26.2. The minimum Gasteiger partial charge on any atom is -0.361 e. The summed E-state index contributed by atoms with van der Waals surface area (Å²) in [6.07, 6.45) is 2.40. The van der Waals surface area contributed by atoms with E-state index in [0.29, 0.717) is 22.8 Å². The lowest BCUT2D eigenvalue weighted by Crippen LogP contribution is -2.47. The molecule has 0 radical (unpaired) electrons. The van der Waals surface area contributed by atoms with Crippen molar-refractivity contribution < 1.29 is 19.2 Å². The van der Waals surface area contributed by atoms with Gasteiger partial charge in [-0.3, -0.25) is 19.2 Å². The minimum absolute atomic E-state index is 0.0778. The second-order valence-electron chi connectivity index (χ2n) is 9.52. The number of anilines is 2. The summed E-state index contributed by atoms with van der Waals surface area (Å²) in [7, 11) is 0. The average Bonchev–Trinajstić information content (AvgIpc) is 3.46. The van der Waals surface area contributed by atoms with Crippen LogP contribution in [0.15, 0.2) is 79.0 Å². The van der Waals surface area contributed by atoms with Crippen molar-refractivity contribution in [2.75, 3.05) is 16.8 Å². The summed E-state index contributed by atoms with van der Waals surface area (Å²) >= 11 is 6.01. The largest absolute Gasteiger partial charge is 0.361 e. The number of fused-ring (bicyclic) bond motifs is 1. The van der Waals surface area contributed by atoms with Gasteiger partial charge in [0, 0.05) is 41.3 Å². The van der Waals surface area contributed by atoms with Gasteiger partial charge < -0.3 is 15.2 Å². The van der Waals surface area contributed by atoms with Crippen molar-refractivity contribution in [1.82, 2.24) is 9.88 Å². The van der Waals surface area contributed by atoms with Gasteiger partial charge >= 0.3 is 0 Å². The summed E-state index contributed by atoms with van der Waals surface area (Å²) in [6, 6.07) is 20.5. The minimum atomic E-state index is -0.919. The number of carbonyl (C=O) groups excluding carboxylic acids is 4. The number of aromatic nitrogens is 1. The van der Waals surface area contributed by atoms with Gasteiger partial charge in [0.1, 0.15) is 6.04 Å². The number of benzene rings is 3. The predicted molar refractivity (Wildman–Crippen MR) is 151 cm³/mol. The van der Waals surface area contributed by atoms with Crippen molar-refractivity contribution >= 4 is 57.5 Å². The van der Waals surface area contributed by atoms with Gasteiger partial charge in [-0.2, -0.15) is 0 Å². The Morgan fingerprint density at radius 3 is 2.46 bits per heavy atom. The van der Waals surface area contributed by atoms with Gasteiger partial charge in [0.15, 0.2) is 0 Å². The maximum Gasteiger partial charge on any atom is 0.257 e. The van der Waals surface area contributed by atoms with Crippen molar-refractivity contribution in [3.63, 3.8) is 0 Å². The zero-order valence-electron chi connectivity index (χ0n) is 21.3. The molecule has 1 aliphatic heterocycles. The second kappa shape index (κ2) is 11.1. The van der Waals surface area contributed by atoms with E-state index in [1.54, 1.807) is 48.5 Å². The number of imide groups is 1. The number of nitrogens with one attached hydrogen (secondary N) is 2. The number of para-hydroxylation sites is 1. The second-order valence-corrected chi connectivity index (χ2v) is 9.95. The number of carbonyl (C=O) groups is 4. The van der Waals surface area contributed by atoms with E-state index < -0.39 is 11.9 Å². The van der Waals surface area contributed by atoms with Gasteiger partial charge in [-0.25, -0.2) is 4.90 Å². The first-order chi connectivity index (χ1) is 18.8. The number of halogens is 1. The van der Waals surface area contributed by atoms with Crippen LogP contribution in [0.25, 0.3) is 10.9 Å². The van der Waals surface area contributed by atoms with Crippen LogP contribution in [0.1, 0.15) is 24.5 Å². The molecular weight excluding hydrogens is 516 g/mol. The zero-order valence-corrected chi connectivity index (χ0v) is 22.1. The normalized spacial score (nSPS) is 15.1. The maximum atomic E-state index is 13.6. The summed E-state index contributed by atoms with van der Waals surface area (Å²) in [5, 5.41) is 4.29. The van der Waals surface area contributed by atoms with Crippen LogP contribution in [0.2, 0.25) is 5.02 Å². The van der Waals surface area contributed by atoms with E-state index in [9.17, 15) is 19.2 Å². The standard InChI is InChI=1S/C30H27ClN4O4/c1-19(36)33-23-10-12-24(13-11-23)35-29(38)17-27(30(35)39)34(28(37)16-20-6-8-22(31)9-7-20)15-14-21-18-32-26-5-3-2-4-25(21)26/h2-13,18,27,32H,14-17H2,1H3,(H,33,36). The number of hydrogen-bond donors (Lipinski definition) is 2. The molecule has 1 aromatic heterocycles. The molecule has 0 saturated carbocycles. The van der Waals surface area contributed by atoms with Crippen molar-refractivity contribution in [1.29, 1.82) is 0 Å². The van der Waals surface area contributed by atoms with E-state index in [0.717, 1.165) is 26.9 Å².